The predicted octanol–water partition coefficient (Wildman–Crippen LogP) is 5.15. The molecular formula is C20H24ClN. The molecule has 1 saturated heterocycles. The summed E-state index contributed by atoms with van der Waals surface area (Å²) in [5.74, 6) is 0.570. The summed E-state index contributed by atoms with van der Waals surface area (Å²) < 4.78 is 0. The van der Waals surface area contributed by atoms with Crippen molar-refractivity contribution in [2.45, 2.75) is 31.6 Å². The lowest BCUT2D eigenvalue weighted by atomic mass is 9.89. The first-order valence-corrected chi connectivity index (χ1v) is 8.71. The van der Waals surface area contributed by atoms with Crippen LogP contribution in [0.1, 0.15) is 36.3 Å². The topological polar surface area (TPSA) is 3.24 Å². The summed E-state index contributed by atoms with van der Waals surface area (Å²) in [6.07, 6.45) is 5.06. The number of likely N-dealkylation sites (tertiary alicyclic amines) is 1. The Hall–Kier alpha value is -1.31. The minimum absolute atomic E-state index is 0.570. The highest BCUT2D eigenvalue weighted by Crippen LogP contribution is 2.26. The normalized spacial score (nSPS) is 16.8. The molecule has 1 aliphatic rings. The van der Waals surface area contributed by atoms with Gasteiger partial charge in [-0.15, -0.1) is 0 Å². The molecule has 0 saturated carbocycles. The van der Waals surface area contributed by atoms with Crippen LogP contribution in [0.15, 0.2) is 54.6 Å². The molecule has 0 amide bonds. The molecule has 2 heteroatoms. The number of rotatable bonds is 6. The Balaban J connectivity index is 1.70. The average molecular weight is 314 g/mol. The Morgan fingerprint density at radius 2 is 1.59 bits per heavy atom. The third kappa shape index (κ3) is 4.34. The van der Waals surface area contributed by atoms with Crippen LogP contribution in [0.4, 0.5) is 0 Å². The van der Waals surface area contributed by atoms with Crippen LogP contribution in [0.3, 0.4) is 0 Å². The largest absolute Gasteiger partial charge is 0.303 e. The van der Waals surface area contributed by atoms with Gasteiger partial charge in [-0.25, -0.2) is 0 Å². The molecule has 1 fully saturated rings. The Morgan fingerprint density at radius 1 is 0.909 bits per heavy atom. The lowest BCUT2D eigenvalue weighted by molar-refractivity contribution is 0.321. The van der Waals surface area contributed by atoms with Crippen molar-refractivity contribution >= 4 is 11.6 Å². The van der Waals surface area contributed by atoms with Gasteiger partial charge in [0.05, 0.1) is 0 Å². The summed E-state index contributed by atoms with van der Waals surface area (Å²) in [5, 5.41) is 0.821. The fourth-order valence-corrected chi connectivity index (χ4v) is 3.49. The van der Waals surface area contributed by atoms with E-state index in [4.69, 9.17) is 11.6 Å². The molecule has 2 aromatic carbocycles. The van der Waals surface area contributed by atoms with E-state index in [1.807, 2.05) is 12.1 Å². The quantitative estimate of drug-likeness (QED) is 0.712. The molecule has 1 heterocycles. The van der Waals surface area contributed by atoms with Crippen molar-refractivity contribution in [3.8, 4) is 0 Å². The Morgan fingerprint density at radius 3 is 2.27 bits per heavy atom. The maximum absolute atomic E-state index is 6.05. The fraction of sp³-hybridized carbons (Fsp3) is 0.400. The van der Waals surface area contributed by atoms with Gasteiger partial charge in [0.15, 0.2) is 0 Å². The minimum Gasteiger partial charge on any atom is -0.303 e. The van der Waals surface area contributed by atoms with Gasteiger partial charge in [0.2, 0.25) is 0 Å². The van der Waals surface area contributed by atoms with E-state index in [0.29, 0.717) is 5.92 Å². The second-order valence-corrected chi connectivity index (χ2v) is 6.71. The summed E-state index contributed by atoms with van der Waals surface area (Å²) >= 11 is 6.05. The van der Waals surface area contributed by atoms with Crippen molar-refractivity contribution in [1.29, 1.82) is 0 Å². The molecule has 0 bridgehead atoms. The van der Waals surface area contributed by atoms with Gasteiger partial charge in [0.25, 0.3) is 0 Å². The first-order chi connectivity index (χ1) is 10.8. The van der Waals surface area contributed by atoms with Gasteiger partial charge < -0.3 is 4.90 Å². The van der Waals surface area contributed by atoms with Crippen molar-refractivity contribution in [1.82, 2.24) is 4.90 Å². The van der Waals surface area contributed by atoms with Crippen molar-refractivity contribution in [3.05, 3.63) is 70.7 Å². The highest BCUT2D eigenvalue weighted by atomic mass is 35.5. The number of hydrogen-bond donors (Lipinski definition) is 0. The van der Waals surface area contributed by atoms with Crippen LogP contribution in [0.25, 0.3) is 0 Å². The molecule has 2 aromatic rings. The summed E-state index contributed by atoms with van der Waals surface area (Å²) in [5.41, 5.74) is 2.83. The first kappa shape index (κ1) is 15.6. The van der Waals surface area contributed by atoms with Gasteiger partial charge in [0.1, 0.15) is 0 Å². The average Bonchev–Trinajstić information content (AvgIpc) is 3.07. The van der Waals surface area contributed by atoms with Crippen molar-refractivity contribution < 1.29 is 0 Å². The molecule has 0 N–H and O–H groups in total. The summed E-state index contributed by atoms with van der Waals surface area (Å²) in [6, 6.07) is 19.3. The van der Waals surface area contributed by atoms with E-state index < -0.39 is 0 Å². The second-order valence-electron chi connectivity index (χ2n) is 6.28. The number of benzene rings is 2. The van der Waals surface area contributed by atoms with E-state index in [9.17, 15) is 0 Å². The van der Waals surface area contributed by atoms with Crippen molar-refractivity contribution in [2.24, 2.45) is 0 Å². The first-order valence-electron chi connectivity index (χ1n) is 8.33. The van der Waals surface area contributed by atoms with Crippen LogP contribution in [0, 0.1) is 0 Å². The molecular weight excluding hydrogens is 290 g/mol. The molecule has 22 heavy (non-hydrogen) atoms. The molecule has 0 spiro atoms. The zero-order chi connectivity index (χ0) is 15.2. The molecule has 3 rings (SSSR count). The lowest BCUT2D eigenvalue weighted by Crippen LogP contribution is -2.22. The van der Waals surface area contributed by atoms with Gasteiger partial charge in [-0.2, -0.15) is 0 Å². The van der Waals surface area contributed by atoms with Crippen LogP contribution < -0.4 is 0 Å². The molecule has 0 unspecified atom stereocenters. The zero-order valence-corrected chi connectivity index (χ0v) is 13.8. The molecule has 0 aromatic heterocycles. The third-order valence-electron chi connectivity index (χ3n) is 4.66. The maximum atomic E-state index is 6.05. The predicted molar refractivity (Wildman–Crippen MR) is 94.6 cm³/mol. The van der Waals surface area contributed by atoms with E-state index in [0.717, 1.165) is 11.4 Å². The van der Waals surface area contributed by atoms with Crippen molar-refractivity contribution in [2.75, 3.05) is 19.6 Å². The summed E-state index contributed by atoms with van der Waals surface area (Å²) in [7, 11) is 0. The van der Waals surface area contributed by atoms with Crippen LogP contribution in [0.5, 0.6) is 0 Å². The van der Waals surface area contributed by atoms with Gasteiger partial charge >= 0.3 is 0 Å². The van der Waals surface area contributed by atoms with E-state index in [1.54, 1.807) is 0 Å². The SMILES string of the molecule is Clc1ccc([C@H](CCN2CCCC2)Cc2ccccc2)cc1. The summed E-state index contributed by atoms with van der Waals surface area (Å²) in [6.45, 7) is 3.76. The van der Waals surface area contributed by atoms with E-state index in [-0.39, 0.29) is 0 Å². The fourth-order valence-electron chi connectivity index (χ4n) is 3.36. The molecule has 116 valence electrons. The molecule has 1 atom stereocenters. The smallest absolute Gasteiger partial charge is 0.0406 e. The van der Waals surface area contributed by atoms with Gasteiger partial charge in [0, 0.05) is 5.02 Å². The highest BCUT2D eigenvalue weighted by molar-refractivity contribution is 6.30. The molecule has 0 radical (unpaired) electrons. The van der Waals surface area contributed by atoms with E-state index >= 15 is 0 Å². The van der Waals surface area contributed by atoms with Gasteiger partial charge in [-0.3, -0.25) is 0 Å². The zero-order valence-electron chi connectivity index (χ0n) is 13.0. The van der Waals surface area contributed by atoms with Crippen molar-refractivity contribution in [3.63, 3.8) is 0 Å². The Kier molecular flexibility index (Phi) is 5.53. The molecule has 0 aliphatic carbocycles. The second kappa shape index (κ2) is 7.80. The standard InChI is InChI=1S/C20H24ClN/c21-20-10-8-18(9-11-20)19(12-15-22-13-4-5-14-22)16-17-6-2-1-3-7-17/h1-3,6-11,19H,4-5,12-16H2/t19-/m1/s1. The number of halogens is 1. The lowest BCUT2D eigenvalue weighted by Gasteiger charge is -2.22. The van der Waals surface area contributed by atoms with E-state index in [1.165, 1.54) is 50.0 Å². The van der Waals surface area contributed by atoms with E-state index in [2.05, 4.69) is 47.4 Å². The molecule has 1 nitrogen and oxygen atoms in total. The molecule has 1 aliphatic heterocycles. The Labute approximate surface area is 138 Å². The number of hydrogen-bond acceptors (Lipinski definition) is 1. The van der Waals surface area contributed by atoms with Gasteiger partial charge in [-0.05, 0) is 74.5 Å². The monoisotopic (exact) mass is 313 g/mol. The van der Waals surface area contributed by atoms with Crippen LogP contribution in [-0.4, -0.2) is 24.5 Å². The van der Waals surface area contributed by atoms with Gasteiger partial charge in [-0.1, -0.05) is 54.1 Å². The summed E-state index contributed by atoms with van der Waals surface area (Å²) in [4.78, 5) is 2.61. The highest BCUT2D eigenvalue weighted by Gasteiger charge is 2.17. The van der Waals surface area contributed by atoms with Crippen LogP contribution in [-0.2, 0) is 6.42 Å². The van der Waals surface area contributed by atoms with Crippen LogP contribution in [0.2, 0.25) is 5.02 Å². The van der Waals surface area contributed by atoms with Crippen LogP contribution >= 0.6 is 11.6 Å². The number of nitrogens with zero attached hydrogens (tertiary/aromatic N) is 1. The Bertz CT molecular complexity index is 558. The maximum Gasteiger partial charge on any atom is 0.0406 e. The third-order valence-corrected chi connectivity index (χ3v) is 4.91. The minimum atomic E-state index is 0.570.